The van der Waals surface area contributed by atoms with E-state index in [4.69, 9.17) is 0 Å². The second kappa shape index (κ2) is 6.19. The lowest BCUT2D eigenvalue weighted by atomic mass is 9.98. The molecule has 1 unspecified atom stereocenters. The number of carbonyl (C=O) groups is 1. The van der Waals surface area contributed by atoms with Gasteiger partial charge >= 0.3 is 0 Å². The summed E-state index contributed by atoms with van der Waals surface area (Å²) in [6.45, 7) is 5.01. The Kier molecular flexibility index (Phi) is 4.59. The Balaban J connectivity index is 1.90. The van der Waals surface area contributed by atoms with Crippen LogP contribution in [-0.2, 0) is 7.05 Å². The minimum absolute atomic E-state index is 0.248. The van der Waals surface area contributed by atoms with Crippen molar-refractivity contribution >= 4 is 5.78 Å². The molecule has 1 fully saturated rings. The number of aromatic nitrogens is 1. The van der Waals surface area contributed by atoms with Gasteiger partial charge in [0.1, 0.15) is 0 Å². The van der Waals surface area contributed by atoms with Crippen LogP contribution in [0.1, 0.15) is 43.1 Å². The Hall–Kier alpha value is -1.09. The number of aryl methyl sites for hydroxylation is 1. The molecule has 0 aromatic carbocycles. The molecule has 1 aliphatic heterocycles. The van der Waals surface area contributed by atoms with Crippen molar-refractivity contribution in [2.45, 2.75) is 32.6 Å². The van der Waals surface area contributed by atoms with E-state index in [2.05, 4.69) is 11.8 Å². The molecule has 0 bridgehead atoms. The molecule has 100 valence electrons. The van der Waals surface area contributed by atoms with E-state index < -0.39 is 0 Å². The summed E-state index contributed by atoms with van der Waals surface area (Å²) < 4.78 is 1.91. The van der Waals surface area contributed by atoms with E-state index in [0.29, 0.717) is 6.54 Å². The van der Waals surface area contributed by atoms with Crippen molar-refractivity contribution in [2.24, 2.45) is 13.0 Å². The maximum absolute atomic E-state index is 12.2. The molecule has 2 heterocycles. The largest absolute Gasteiger partial charge is 0.348 e. The van der Waals surface area contributed by atoms with Gasteiger partial charge in [-0.05, 0) is 50.4 Å². The molecule has 0 spiro atoms. The first-order chi connectivity index (χ1) is 8.70. The van der Waals surface area contributed by atoms with Crippen molar-refractivity contribution in [2.75, 3.05) is 19.6 Å². The van der Waals surface area contributed by atoms with Gasteiger partial charge in [-0.1, -0.05) is 13.3 Å². The maximum Gasteiger partial charge on any atom is 0.193 e. The lowest BCUT2D eigenvalue weighted by Gasteiger charge is -2.19. The molecule has 1 aromatic rings. The average Bonchev–Trinajstić information content (AvgIpc) is 2.66. The number of likely N-dealkylation sites (tertiary alicyclic amines) is 1. The van der Waals surface area contributed by atoms with Gasteiger partial charge in [-0.3, -0.25) is 9.69 Å². The minimum Gasteiger partial charge on any atom is -0.348 e. The summed E-state index contributed by atoms with van der Waals surface area (Å²) in [5.74, 6) is 1.11. The zero-order chi connectivity index (χ0) is 13.0. The first-order valence-electron chi connectivity index (χ1n) is 7.07. The number of hydrogen-bond donors (Lipinski definition) is 0. The topological polar surface area (TPSA) is 25.2 Å². The zero-order valence-corrected chi connectivity index (χ0v) is 11.6. The van der Waals surface area contributed by atoms with Crippen LogP contribution < -0.4 is 0 Å². The molecule has 1 aromatic heterocycles. The zero-order valence-electron chi connectivity index (χ0n) is 11.6. The number of ketones is 1. The quantitative estimate of drug-likeness (QED) is 0.766. The Labute approximate surface area is 110 Å². The van der Waals surface area contributed by atoms with Crippen LogP contribution in [0.25, 0.3) is 0 Å². The van der Waals surface area contributed by atoms with Crippen LogP contribution in [0, 0.1) is 5.92 Å². The van der Waals surface area contributed by atoms with Gasteiger partial charge in [-0.25, -0.2) is 0 Å². The molecule has 0 radical (unpaired) electrons. The fourth-order valence-corrected chi connectivity index (χ4v) is 2.83. The normalized spacial score (nSPS) is 21.8. The highest BCUT2D eigenvalue weighted by Crippen LogP contribution is 2.20. The molecule has 0 saturated carbocycles. The molecule has 2 rings (SSSR count). The van der Waals surface area contributed by atoms with Crippen LogP contribution in [0.15, 0.2) is 18.3 Å². The molecule has 1 atom stereocenters. The van der Waals surface area contributed by atoms with E-state index in [1.54, 1.807) is 0 Å². The van der Waals surface area contributed by atoms with Crippen LogP contribution in [0.2, 0.25) is 0 Å². The van der Waals surface area contributed by atoms with E-state index in [1.807, 2.05) is 29.9 Å². The molecule has 1 saturated heterocycles. The summed E-state index contributed by atoms with van der Waals surface area (Å²) in [4.78, 5) is 14.5. The minimum atomic E-state index is 0.248. The van der Waals surface area contributed by atoms with Crippen LogP contribution in [0.3, 0.4) is 0 Å². The van der Waals surface area contributed by atoms with Crippen molar-refractivity contribution in [3.05, 3.63) is 24.0 Å². The maximum atomic E-state index is 12.2. The summed E-state index contributed by atoms with van der Waals surface area (Å²) >= 11 is 0. The Morgan fingerprint density at radius 3 is 2.89 bits per heavy atom. The van der Waals surface area contributed by atoms with Crippen LogP contribution in [-0.4, -0.2) is 34.9 Å². The van der Waals surface area contributed by atoms with Crippen LogP contribution >= 0.6 is 0 Å². The van der Waals surface area contributed by atoms with E-state index >= 15 is 0 Å². The average molecular weight is 248 g/mol. The standard InChI is InChI=1S/C15H24N2O/c1-3-13-6-4-10-17(11-8-13)12-15(18)14-7-5-9-16(14)2/h5,7,9,13H,3-4,6,8,10-12H2,1-2H3. The van der Waals surface area contributed by atoms with Crippen LogP contribution in [0.5, 0.6) is 0 Å². The summed E-state index contributed by atoms with van der Waals surface area (Å²) in [5, 5.41) is 0. The predicted molar refractivity (Wildman–Crippen MR) is 73.8 cm³/mol. The van der Waals surface area contributed by atoms with Gasteiger partial charge in [-0.2, -0.15) is 0 Å². The van der Waals surface area contributed by atoms with Gasteiger partial charge in [0, 0.05) is 13.2 Å². The van der Waals surface area contributed by atoms with E-state index in [0.717, 1.165) is 24.7 Å². The third-order valence-corrected chi connectivity index (χ3v) is 4.11. The molecule has 0 amide bonds. The van der Waals surface area contributed by atoms with Gasteiger partial charge in [0.05, 0.1) is 12.2 Å². The Morgan fingerprint density at radius 2 is 2.22 bits per heavy atom. The first-order valence-corrected chi connectivity index (χ1v) is 7.07. The second-order valence-electron chi connectivity index (χ2n) is 5.41. The molecule has 0 aliphatic carbocycles. The lowest BCUT2D eigenvalue weighted by molar-refractivity contribution is 0.0924. The number of hydrogen-bond acceptors (Lipinski definition) is 2. The smallest absolute Gasteiger partial charge is 0.193 e. The molecule has 0 N–H and O–H groups in total. The van der Waals surface area contributed by atoms with E-state index in [9.17, 15) is 4.79 Å². The second-order valence-corrected chi connectivity index (χ2v) is 5.41. The number of nitrogens with zero attached hydrogens (tertiary/aromatic N) is 2. The van der Waals surface area contributed by atoms with Gasteiger partial charge in [0.25, 0.3) is 0 Å². The highest BCUT2D eigenvalue weighted by Gasteiger charge is 2.19. The summed E-state index contributed by atoms with van der Waals surface area (Å²) in [6.07, 6.45) is 7.02. The van der Waals surface area contributed by atoms with Crippen molar-refractivity contribution in [3.63, 3.8) is 0 Å². The predicted octanol–water partition coefficient (Wildman–Crippen LogP) is 2.72. The van der Waals surface area contributed by atoms with E-state index in [-0.39, 0.29) is 5.78 Å². The van der Waals surface area contributed by atoms with Crippen LogP contribution in [0.4, 0.5) is 0 Å². The SMILES string of the molecule is CCC1CCCN(CC(=O)c2cccn2C)CC1. The van der Waals surface area contributed by atoms with Gasteiger partial charge in [0.15, 0.2) is 5.78 Å². The third kappa shape index (κ3) is 3.22. The van der Waals surface area contributed by atoms with Crippen molar-refractivity contribution in [1.82, 2.24) is 9.47 Å². The number of Topliss-reactive ketones (excluding diaryl/α,β-unsaturated/α-hetero) is 1. The molecule has 3 nitrogen and oxygen atoms in total. The summed E-state index contributed by atoms with van der Waals surface area (Å²) in [7, 11) is 1.93. The van der Waals surface area contributed by atoms with Crippen molar-refractivity contribution in [3.8, 4) is 0 Å². The Bertz CT molecular complexity index is 397. The van der Waals surface area contributed by atoms with Crippen molar-refractivity contribution in [1.29, 1.82) is 0 Å². The highest BCUT2D eigenvalue weighted by molar-refractivity contribution is 5.96. The molecule has 3 heteroatoms. The van der Waals surface area contributed by atoms with Gasteiger partial charge < -0.3 is 4.57 Å². The lowest BCUT2D eigenvalue weighted by Crippen LogP contribution is -2.31. The fourth-order valence-electron chi connectivity index (χ4n) is 2.83. The molecular weight excluding hydrogens is 224 g/mol. The van der Waals surface area contributed by atoms with E-state index in [1.165, 1.54) is 25.7 Å². The Morgan fingerprint density at radius 1 is 1.39 bits per heavy atom. The summed E-state index contributed by atoms with van der Waals surface area (Å²) in [6, 6.07) is 3.85. The molecule has 1 aliphatic rings. The molecule has 18 heavy (non-hydrogen) atoms. The highest BCUT2D eigenvalue weighted by atomic mass is 16.1. The third-order valence-electron chi connectivity index (χ3n) is 4.11. The molecular formula is C15H24N2O. The first kappa shape index (κ1) is 13.3. The monoisotopic (exact) mass is 248 g/mol. The van der Waals surface area contributed by atoms with Crippen molar-refractivity contribution < 1.29 is 4.79 Å². The number of rotatable bonds is 4. The number of carbonyl (C=O) groups excluding carboxylic acids is 1. The van der Waals surface area contributed by atoms with Gasteiger partial charge in [-0.15, -0.1) is 0 Å². The fraction of sp³-hybridized carbons (Fsp3) is 0.667. The summed E-state index contributed by atoms with van der Waals surface area (Å²) in [5.41, 5.74) is 0.825. The van der Waals surface area contributed by atoms with Gasteiger partial charge in [0.2, 0.25) is 0 Å².